The summed E-state index contributed by atoms with van der Waals surface area (Å²) >= 11 is 1.60. The van der Waals surface area contributed by atoms with Crippen LogP contribution < -0.4 is 10.5 Å². The van der Waals surface area contributed by atoms with Crippen molar-refractivity contribution in [3.63, 3.8) is 0 Å². The van der Waals surface area contributed by atoms with E-state index in [2.05, 4.69) is 16.0 Å². The Morgan fingerprint density at radius 1 is 1.19 bits per heavy atom. The van der Waals surface area contributed by atoms with Crippen molar-refractivity contribution in [3.05, 3.63) is 46.8 Å². The summed E-state index contributed by atoms with van der Waals surface area (Å²) in [6.45, 7) is 6.59. The molecule has 2 aromatic rings. The van der Waals surface area contributed by atoms with E-state index in [1.807, 2.05) is 39.0 Å². The highest BCUT2D eigenvalue weighted by Gasteiger charge is 2.15. The van der Waals surface area contributed by atoms with E-state index in [-0.39, 0.29) is 5.25 Å². The maximum atomic E-state index is 5.93. The van der Waals surface area contributed by atoms with Gasteiger partial charge in [-0.05, 0) is 44.0 Å². The normalized spacial score (nSPS) is 12.2. The van der Waals surface area contributed by atoms with Crippen LogP contribution in [0, 0.1) is 20.8 Å². The first kappa shape index (κ1) is 15.8. The zero-order valence-corrected chi connectivity index (χ0v) is 13.7. The Morgan fingerprint density at radius 2 is 1.86 bits per heavy atom. The molecule has 0 aliphatic carbocycles. The number of hydrogen-bond donors (Lipinski definition) is 1. The Hall–Kier alpha value is -1.59. The van der Waals surface area contributed by atoms with Crippen molar-refractivity contribution in [1.82, 2.24) is 9.97 Å². The molecule has 0 saturated carbocycles. The molecule has 1 atom stereocenters. The van der Waals surface area contributed by atoms with Crippen LogP contribution in [-0.4, -0.2) is 23.6 Å². The fraction of sp³-hybridized carbons (Fsp3) is 0.375. The van der Waals surface area contributed by atoms with E-state index >= 15 is 0 Å². The number of benzene rings is 1. The van der Waals surface area contributed by atoms with Crippen LogP contribution in [0.2, 0.25) is 0 Å². The summed E-state index contributed by atoms with van der Waals surface area (Å²) in [5.74, 6) is 0.837. The number of nitrogens with zero attached hydrogens (tertiary/aromatic N) is 2. The van der Waals surface area contributed by atoms with Gasteiger partial charge in [-0.3, -0.25) is 0 Å². The fourth-order valence-electron chi connectivity index (χ4n) is 2.02. The van der Waals surface area contributed by atoms with Crippen LogP contribution in [0.15, 0.2) is 29.4 Å². The number of ether oxygens (including phenoxy) is 1. The minimum absolute atomic E-state index is 0.113. The molecule has 0 radical (unpaired) electrons. The molecule has 0 spiro atoms. The molecule has 1 unspecified atom stereocenters. The predicted molar refractivity (Wildman–Crippen MR) is 86.9 cm³/mol. The quantitative estimate of drug-likeness (QED) is 0.679. The lowest BCUT2D eigenvalue weighted by Gasteiger charge is -2.16. The van der Waals surface area contributed by atoms with Crippen LogP contribution >= 0.6 is 11.8 Å². The first-order valence-corrected chi connectivity index (χ1v) is 7.75. The van der Waals surface area contributed by atoms with Gasteiger partial charge in [-0.25, -0.2) is 9.97 Å². The van der Waals surface area contributed by atoms with Crippen molar-refractivity contribution in [1.29, 1.82) is 0 Å². The number of rotatable bonds is 5. The molecule has 2 rings (SSSR count). The van der Waals surface area contributed by atoms with E-state index in [1.165, 1.54) is 0 Å². The zero-order valence-electron chi connectivity index (χ0n) is 12.9. The summed E-state index contributed by atoms with van der Waals surface area (Å²) in [5.41, 5.74) is 10.2. The molecular formula is C16H21N3OS. The van der Waals surface area contributed by atoms with Crippen LogP contribution in [0.25, 0.3) is 0 Å². The molecule has 1 aromatic carbocycles. The maximum Gasteiger partial charge on any atom is 0.188 e. The molecule has 0 bridgehead atoms. The number of nitrogens with two attached hydrogens (primary N) is 1. The third-order valence-electron chi connectivity index (χ3n) is 3.54. The van der Waals surface area contributed by atoms with E-state index in [4.69, 9.17) is 10.5 Å². The largest absolute Gasteiger partial charge is 0.497 e. The Bertz CT molecular complexity index is 608. The van der Waals surface area contributed by atoms with Crippen molar-refractivity contribution in [3.8, 4) is 5.75 Å². The molecular weight excluding hydrogens is 282 g/mol. The SMILES string of the molecule is COc1cccc(C(CN)Sc2nc(C)c(C)c(C)n2)c1. The summed E-state index contributed by atoms with van der Waals surface area (Å²) in [7, 11) is 1.67. The Balaban J connectivity index is 2.26. The van der Waals surface area contributed by atoms with Crippen molar-refractivity contribution < 1.29 is 4.74 Å². The second kappa shape index (κ2) is 6.91. The van der Waals surface area contributed by atoms with Crippen LogP contribution in [-0.2, 0) is 0 Å². The summed E-state index contributed by atoms with van der Waals surface area (Å²) in [6.07, 6.45) is 0. The number of hydrogen-bond acceptors (Lipinski definition) is 5. The van der Waals surface area contributed by atoms with Crippen LogP contribution in [0.3, 0.4) is 0 Å². The average Bonchev–Trinajstić information content (AvgIpc) is 2.50. The Kier molecular flexibility index (Phi) is 5.20. The van der Waals surface area contributed by atoms with E-state index in [0.29, 0.717) is 6.54 Å². The maximum absolute atomic E-state index is 5.93. The highest BCUT2D eigenvalue weighted by Crippen LogP contribution is 2.34. The zero-order chi connectivity index (χ0) is 15.4. The van der Waals surface area contributed by atoms with Gasteiger partial charge in [0.15, 0.2) is 5.16 Å². The second-order valence-corrected chi connectivity index (χ2v) is 6.09. The van der Waals surface area contributed by atoms with Gasteiger partial charge in [0.05, 0.1) is 7.11 Å². The van der Waals surface area contributed by atoms with Gasteiger partial charge in [-0.1, -0.05) is 23.9 Å². The number of aryl methyl sites for hydroxylation is 2. The summed E-state index contributed by atoms with van der Waals surface area (Å²) in [5, 5.41) is 0.885. The van der Waals surface area contributed by atoms with Crippen LogP contribution in [0.1, 0.15) is 27.8 Å². The number of thioether (sulfide) groups is 1. The van der Waals surface area contributed by atoms with Gasteiger partial charge in [0.1, 0.15) is 5.75 Å². The molecule has 21 heavy (non-hydrogen) atoms. The highest BCUT2D eigenvalue weighted by atomic mass is 32.2. The minimum Gasteiger partial charge on any atom is -0.497 e. The van der Waals surface area contributed by atoms with Gasteiger partial charge in [0.2, 0.25) is 0 Å². The standard InChI is InChI=1S/C16H21N3OS/c1-10-11(2)18-16(19-12(10)3)21-15(9-17)13-6-5-7-14(8-13)20-4/h5-8,15H,9,17H2,1-4H3. The first-order chi connectivity index (χ1) is 10.0. The number of aromatic nitrogens is 2. The lowest BCUT2D eigenvalue weighted by Crippen LogP contribution is -2.10. The van der Waals surface area contributed by atoms with Gasteiger partial charge >= 0.3 is 0 Å². The molecule has 5 heteroatoms. The first-order valence-electron chi connectivity index (χ1n) is 6.87. The molecule has 0 aliphatic heterocycles. The summed E-state index contributed by atoms with van der Waals surface area (Å²) in [4.78, 5) is 9.11. The highest BCUT2D eigenvalue weighted by molar-refractivity contribution is 7.99. The van der Waals surface area contributed by atoms with Crippen molar-refractivity contribution in [2.75, 3.05) is 13.7 Å². The van der Waals surface area contributed by atoms with Gasteiger partial charge < -0.3 is 10.5 Å². The van der Waals surface area contributed by atoms with Crippen molar-refractivity contribution in [2.24, 2.45) is 5.73 Å². The topological polar surface area (TPSA) is 61.0 Å². The van der Waals surface area contributed by atoms with Gasteiger partial charge in [-0.15, -0.1) is 0 Å². The molecule has 0 saturated heterocycles. The summed E-state index contributed by atoms with van der Waals surface area (Å²) in [6, 6.07) is 7.97. The fourth-order valence-corrected chi connectivity index (χ4v) is 3.03. The molecule has 0 amide bonds. The monoisotopic (exact) mass is 303 g/mol. The van der Waals surface area contributed by atoms with Gasteiger partial charge in [0, 0.05) is 23.2 Å². The smallest absolute Gasteiger partial charge is 0.188 e. The Labute approximate surface area is 130 Å². The molecule has 4 nitrogen and oxygen atoms in total. The Morgan fingerprint density at radius 3 is 2.43 bits per heavy atom. The van der Waals surface area contributed by atoms with Gasteiger partial charge in [-0.2, -0.15) is 0 Å². The van der Waals surface area contributed by atoms with Crippen molar-refractivity contribution >= 4 is 11.8 Å². The molecule has 1 aromatic heterocycles. The third kappa shape index (κ3) is 3.74. The third-order valence-corrected chi connectivity index (χ3v) is 4.68. The van der Waals surface area contributed by atoms with Crippen LogP contribution in [0.4, 0.5) is 0 Å². The van der Waals surface area contributed by atoms with E-state index in [0.717, 1.165) is 33.4 Å². The lowest BCUT2D eigenvalue weighted by atomic mass is 10.1. The van der Waals surface area contributed by atoms with E-state index in [1.54, 1.807) is 18.9 Å². The van der Waals surface area contributed by atoms with Crippen molar-refractivity contribution in [2.45, 2.75) is 31.2 Å². The lowest BCUT2D eigenvalue weighted by molar-refractivity contribution is 0.414. The summed E-state index contributed by atoms with van der Waals surface area (Å²) < 4.78 is 5.27. The minimum atomic E-state index is 0.113. The molecule has 0 aliphatic rings. The predicted octanol–water partition coefficient (Wildman–Crippen LogP) is 3.20. The number of methoxy groups -OCH3 is 1. The van der Waals surface area contributed by atoms with E-state index < -0.39 is 0 Å². The van der Waals surface area contributed by atoms with E-state index in [9.17, 15) is 0 Å². The van der Waals surface area contributed by atoms with Gasteiger partial charge in [0.25, 0.3) is 0 Å². The molecule has 112 valence electrons. The molecule has 1 heterocycles. The van der Waals surface area contributed by atoms with Crippen LogP contribution in [0.5, 0.6) is 5.75 Å². The second-order valence-electron chi connectivity index (χ2n) is 4.92. The average molecular weight is 303 g/mol. The molecule has 2 N–H and O–H groups in total. The molecule has 0 fully saturated rings.